The number of aromatic nitrogens is 1. The second-order valence-corrected chi connectivity index (χ2v) is 4.39. The van der Waals surface area contributed by atoms with Gasteiger partial charge in [0.15, 0.2) is 0 Å². The minimum Gasteiger partial charge on any atom is -0.317 e. The summed E-state index contributed by atoms with van der Waals surface area (Å²) < 4.78 is 0. The molecule has 0 unspecified atom stereocenters. The molecule has 0 radical (unpaired) electrons. The van der Waals surface area contributed by atoms with E-state index in [0.717, 1.165) is 18.8 Å². The summed E-state index contributed by atoms with van der Waals surface area (Å²) >= 11 is 0. The highest BCUT2D eigenvalue weighted by Gasteiger charge is 2.15. The summed E-state index contributed by atoms with van der Waals surface area (Å²) in [6, 6.07) is 6.33. The molecule has 0 spiro atoms. The highest BCUT2D eigenvalue weighted by molar-refractivity contribution is 5.14. The lowest BCUT2D eigenvalue weighted by atomic mass is 9.94. The first-order valence-corrected chi connectivity index (χ1v) is 6.49. The number of rotatable bonds is 1. The summed E-state index contributed by atoms with van der Waals surface area (Å²) in [5.41, 5.74) is 2.41. The van der Waals surface area contributed by atoms with E-state index >= 15 is 0 Å². The Balaban J connectivity index is 0.000000317. The first-order valence-electron chi connectivity index (χ1n) is 6.49. The van der Waals surface area contributed by atoms with Crippen LogP contribution in [0.5, 0.6) is 0 Å². The molecule has 1 aliphatic rings. The topological polar surface area (TPSA) is 24.9 Å². The molecule has 1 aromatic rings. The molecule has 0 bridgehead atoms. The van der Waals surface area contributed by atoms with Crippen LogP contribution in [0.25, 0.3) is 0 Å². The fourth-order valence-electron chi connectivity index (χ4n) is 1.91. The largest absolute Gasteiger partial charge is 0.317 e. The van der Waals surface area contributed by atoms with E-state index in [0.29, 0.717) is 5.92 Å². The number of pyridine rings is 1. The predicted molar refractivity (Wildman–Crippen MR) is 74.3 cm³/mol. The van der Waals surface area contributed by atoms with Gasteiger partial charge in [-0.05, 0) is 58.8 Å². The van der Waals surface area contributed by atoms with Crippen LogP contribution in [0.2, 0.25) is 0 Å². The summed E-state index contributed by atoms with van der Waals surface area (Å²) in [6.07, 6.45) is 6.47. The van der Waals surface area contributed by atoms with Crippen molar-refractivity contribution < 1.29 is 0 Å². The van der Waals surface area contributed by atoms with Gasteiger partial charge in [-0.1, -0.05) is 18.2 Å². The zero-order chi connectivity index (χ0) is 12.5. The Morgan fingerprint density at radius 2 is 1.82 bits per heavy atom. The van der Waals surface area contributed by atoms with Gasteiger partial charge in [0.1, 0.15) is 0 Å². The molecule has 1 saturated heterocycles. The summed E-state index contributed by atoms with van der Waals surface area (Å²) in [4.78, 5) is 4.57. The third kappa shape index (κ3) is 5.14. The molecule has 0 saturated carbocycles. The van der Waals surface area contributed by atoms with Crippen molar-refractivity contribution in [2.45, 2.75) is 39.5 Å². The van der Waals surface area contributed by atoms with Gasteiger partial charge in [0.2, 0.25) is 0 Å². The maximum absolute atomic E-state index is 4.57. The van der Waals surface area contributed by atoms with Gasteiger partial charge in [-0.15, -0.1) is 0 Å². The Bertz CT molecular complexity index is 335. The van der Waals surface area contributed by atoms with Crippen LogP contribution >= 0.6 is 0 Å². The summed E-state index contributed by atoms with van der Waals surface area (Å²) in [7, 11) is 0. The lowest BCUT2D eigenvalue weighted by Gasteiger charge is -2.22. The smallest absolute Gasteiger partial charge is 0.0438 e. The minimum atomic E-state index is 0.682. The molecule has 2 heteroatoms. The lowest BCUT2D eigenvalue weighted by Crippen LogP contribution is -2.27. The van der Waals surface area contributed by atoms with Crippen LogP contribution in [0, 0.1) is 6.92 Å². The average Bonchev–Trinajstić information content (AvgIpc) is 2.40. The normalized spacial score (nSPS) is 16.6. The molecule has 2 rings (SSSR count). The van der Waals surface area contributed by atoms with E-state index in [1.54, 1.807) is 0 Å². The molecule has 1 aromatic heterocycles. The van der Waals surface area contributed by atoms with Gasteiger partial charge in [-0.2, -0.15) is 0 Å². The number of nitrogens with zero attached hydrogens (tertiary/aromatic N) is 1. The summed E-state index contributed by atoms with van der Waals surface area (Å²) in [5, 5.41) is 3.37. The van der Waals surface area contributed by atoms with E-state index in [2.05, 4.69) is 35.4 Å². The molecule has 0 atom stereocenters. The molecular formula is C15H24N2. The fourth-order valence-corrected chi connectivity index (χ4v) is 1.91. The van der Waals surface area contributed by atoms with Gasteiger partial charge in [0.25, 0.3) is 0 Å². The van der Waals surface area contributed by atoms with E-state index in [-0.39, 0.29) is 0 Å². The van der Waals surface area contributed by atoms with Gasteiger partial charge in [0, 0.05) is 17.3 Å². The number of nitrogens with one attached hydrogen (secondary N) is 1. The molecule has 0 amide bonds. The van der Waals surface area contributed by atoms with E-state index in [1.165, 1.54) is 18.5 Å². The zero-order valence-electron chi connectivity index (χ0n) is 11.2. The second-order valence-electron chi connectivity index (χ2n) is 4.39. The molecule has 94 valence electrons. The number of piperidine rings is 1. The third-order valence-electron chi connectivity index (χ3n) is 3.00. The zero-order valence-corrected chi connectivity index (χ0v) is 11.2. The number of hydrogen-bond acceptors (Lipinski definition) is 2. The molecule has 1 aliphatic heterocycles. The average molecular weight is 232 g/mol. The number of aryl methyl sites for hydroxylation is 1. The third-order valence-corrected chi connectivity index (χ3v) is 3.00. The van der Waals surface area contributed by atoms with Crippen LogP contribution in [0.15, 0.2) is 30.4 Å². The Hall–Kier alpha value is -1.15. The fraction of sp³-hybridized carbons (Fsp3) is 0.533. The van der Waals surface area contributed by atoms with Crippen molar-refractivity contribution in [2.24, 2.45) is 0 Å². The highest BCUT2D eigenvalue weighted by Crippen LogP contribution is 2.23. The molecule has 1 fully saturated rings. The van der Waals surface area contributed by atoms with Crippen LogP contribution < -0.4 is 5.32 Å². The molecule has 2 heterocycles. The summed E-state index contributed by atoms with van der Waals surface area (Å²) in [5.74, 6) is 0.682. The van der Waals surface area contributed by atoms with E-state index in [1.807, 2.05) is 26.0 Å². The monoisotopic (exact) mass is 232 g/mol. The predicted octanol–water partition coefficient (Wildman–Crippen LogP) is 3.44. The van der Waals surface area contributed by atoms with Crippen molar-refractivity contribution in [2.75, 3.05) is 13.1 Å². The Morgan fingerprint density at radius 3 is 2.35 bits per heavy atom. The molecule has 2 nitrogen and oxygen atoms in total. The Kier molecular flexibility index (Phi) is 6.56. The maximum atomic E-state index is 4.57. The minimum absolute atomic E-state index is 0.682. The van der Waals surface area contributed by atoms with Crippen LogP contribution in [0.4, 0.5) is 0 Å². The van der Waals surface area contributed by atoms with Gasteiger partial charge in [-0.3, -0.25) is 4.98 Å². The first kappa shape index (κ1) is 13.9. The number of hydrogen-bond donors (Lipinski definition) is 1. The number of allylic oxidation sites excluding steroid dienone is 2. The highest BCUT2D eigenvalue weighted by atomic mass is 14.9. The van der Waals surface area contributed by atoms with Crippen molar-refractivity contribution >= 4 is 0 Å². The van der Waals surface area contributed by atoms with E-state index < -0.39 is 0 Å². The Labute approximate surface area is 105 Å². The standard InChI is InChI=1S/C11H16N2.C4H8/c1-9-3-2-4-11(13-9)10-5-7-12-8-6-10;1-3-4-2/h2-4,10,12H,5-8H2,1H3;3-4H,1-2H3/b;4-3-. The van der Waals surface area contributed by atoms with Crippen molar-refractivity contribution in [3.05, 3.63) is 41.7 Å². The first-order chi connectivity index (χ1) is 8.27. The quantitative estimate of drug-likeness (QED) is 0.750. The van der Waals surface area contributed by atoms with E-state index in [4.69, 9.17) is 0 Å². The van der Waals surface area contributed by atoms with Crippen molar-refractivity contribution in [3.63, 3.8) is 0 Å². The molecule has 0 aliphatic carbocycles. The van der Waals surface area contributed by atoms with Crippen molar-refractivity contribution in [1.29, 1.82) is 0 Å². The maximum Gasteiger partial charge on any atom is 0.0438 e. The van der Waals surface area contributed by atoms with Crippen LogP contribution in [0.1, 0.15) is 44.0 Å². The molecule has 0 aromatic carbocycles. The lowest BCUT2D eigenvalue weighted by molar-refractivity contribution is 0.453. The molecule has 17 heavy (non-hydrogen) atoms. The van der Waals surface area contributed by atoms with Gasteiger partial charge >= 0.3 is 0 Å². The summed E-state index contributed by atoms with van der Waals surface area (Å²) in [6.45, 7) is 8.34. The molecule has 1 N–H and O–H groups in total. The van der Waals surface area contributed by atoms with Crippen LogP contribution in [-0.2, 0) is 0 Å². The Morgan fingerprint density at radius 1 is 1.18 bits per heavy atom. The van der Waals surface area contributed by atoms with Crippen molar-refractivity contribution in [3.8, 4) is 0 Å². The van der Waals surface area contributed by atoms with E-state index in [9.17, 15) is 0 Å². The van der Waals surface area contributed by atoms with Gasteiger partial charge in [0.05, 0.1) is 0 Å². The molecular weight excluding hydrogens is 208 g/mol. The van der Waals surface area contributed by atoms with Crippen LogP contribution in [0.3, 0.4) is 0 Å². The SMILES string of the molecule is C/C=C\C.Cc1cccc(C2CCNCC2)n1. The van der Waals surface area contributed by atoms with Gasteiger partial charge < -0.3 is 5.32 Å². The van der Waals surface area contributed by atoms with Crippen molar-refractivity contribution in [1.82, 2.24) is 10.3 Å². The second kappa shape index (κ2) is 8.02. The van der Waals surface area contributed by atoms with Gasteiger partial charge in [-0.25, -0.2) is 0 Å². The van der Waals surface area contributed by atoms with Crippen LogP contribution in [-0.4, -0.2) is 18.1 Å².